The first-order valence-electron chi connectivity index (χ1n) is 5.18. The van der Waals surface area contributed by atoms with Crippen molar-refractivity contribution in [3.63, 3.8) is 0 Å². The van der Waals surface area contributed by atoms with Crippen LogP contribution in [0, 0.1) is 11.3 Å². The van der Waals surface area contributed by atoms with E-state index in [1.807, 2.05) is 6.92 Å². The second-order valence-electron chi connectivity index (χ2n) is 5.21. The summed E-state index contributed by atoms with van der Waals surface area (Å²) in [5.41, 5.74) is 0.526. The van der Waals surface area contributed by atoms with Crippen LogP contribution >= 0.6 is 0 Å². The van der Waals surface area contributed by atoms with Crippen LogP contribution in [0.3, 0.4) is 0 Å². The van der Waals surface area contributed by atoms with Crippen LogP contribution in [0.5, 0.6) is 0 Å². The zero-order chi connectivity index (χ0) is 9.19. The Morgan fingerprint density at radius 1 is 1.50 bits per heavy atom. The van der Waals surface area contributed by atoms with Crippen molar-refractivity contribution in [3.8, 4) is 0 Å². The summed E-state index contributed by atoms with van der Waals surface area (Å²) in [7, 11) is 0. The molecule has 1 aliphatic rings. The van der Waals surface area contributed by atoms with Crippen molar-refractivity contribution in [2.24, 2.45) is 11.3 Å². The highest BCUT2D eigenvalue weighted by Gasteiger charge is 2.28. The SMILES string of the molecule is C[C@H](O)CC1CCCC(C)(C)C1. The predicted molar refractivity (Wildman–Crippen MR) is 52.0 cm³/mol. The third-order valence-electron chi connectivity index (χ3n) is 2.98. The Balaban J connectivity index is 2.36. The lowest BCUT2D eigenvalue weighted by atomic mass is 9.71. The van der Waals surface area contributed by atoms with Gasteiger partial charge in [-0.05, 0) is 37.5 Å². The summed E-state index contributed by atoms with van der Waals surface area (Å²) in [5.74, 6) is 0.772. The maximum absolute atomic E-state index is 9.27. The first kappa shape index (κ1) is 10.0. The number of aliphatic hydroxyl groups is 1. The smallest absolute Gasteiger partial charge is 0.0514 e. The molecule has 1 rings (SSSR count). The van der Waals surface area contributed by atoms with Crippen molar-refractivity contribution >= 4 is 0 Å². The second-order valence-corrected chi connectivity index (χ2v) is 5.21. The minimum absolute atomic E-state index is 0.108. The van der Waals surface area contributed by atoms with E-state index in [4.69, 9.17) is 0 Å². The summed E-state index contributed by atoms with van der Waals surface area (Å²) in [6, 6.07) is 0. The van der Waals surface area contributed by atoms with Gasteiger partial charge < -0.3 is 5.11 Å². The Labute approximate surface area is 76.2 Å². The van der Waals surface area contributed by atoms with Crippen molar-refractivity contribution in [1.82, 2.24) is 0 Å². The van der Waals surface area contributed by atoms with Crippen LogP contribution in [0.1, 0.15) is 52.9 Å². The predicted octanol–water partition coefficient (Wildman–Crippen LogP) is 2.97. The van der Waals surface area contributed by atoms with Crippen molar-refractivity contribution < 1.29 is 5.11 Å². The zero-order valence-electron chi connectivity index (χ0n) is 8.64. The molecule has 0 spiro atoms. The Kier molecular flexibility index (Phi) is 3.16. The lowest BCUT2D eigenvalue weighted by molar-refractivity contribution is 0.109. The largest absolute Gasteiger partial charge is 0.393 e. The van der Waals surface area contributed by atoms with Gasteiger partial charge in [-0.15, -0.1) is 0 Å². The molecule has 0 amide bonds. The van der Waals surface area contributed by atoms with Crippen LogP contribution in [0.2, 0.25) is 0 Å². The molecule has 2 atom stereocenters. The van der Waals surface area contributed by atoms with E-state index in [9.17, 15) is 5.11 Å². The van der Waals surface area contributed by atoms with E-state index in [0.717, 1.165) is 12.3 Å². The molecule has 1 aliphatic carbocycles. The second kappa shape index (κ2) is 3.78. The summed E-state index contributed by atoms with van der Waals surface area (Å²) in [4.78, 5) is 0. The van der Waals surface area contributed by atoms with Crippen molar-refractivity contribution in [2.45, 2.75) is 59.0 Å². The quantitative estimate of drug-likeness (QED) is 0.675. The molecule has 1 heteroatoms. The van der Waals surface area contributed by atoms with Crippen LogP contribution in [-0.4, -0.2) is 11.2 Å². The molecule has 12 heavy (non-hydrogen) atoms. The molecule has 0 bridgehead atoms. The third-order valence-corrected chi connectivity index (χ3v) is 2.98. The molecule has 72 valence electrons. The van der Waals surface area contributed by atoms with Gasteiger partial charge >= 0.3 is 0 Å². The highest BCUT2D eigenvalue weighted by atomic mass is 16.3. The lowest BCUT2D eigenvalue weighted by Crippen LogP contribution is -2.24. The fourth-order valence-corrected chi connectivity index (χ4v) is 2.54. The van der Waals surface area contributed by atoms with Gasteiger partial charge in [0.1, 0.15) is 0 Å². The molecule has 1 unspecified atom stereocenters. The van der Waals surface area contributed by atoms with E-state index in [1.54, 1.807) is 0 Å². The monoisotopic (exact) mass is 170 g/mol. The summed E-state index contributed by atoms with van der Waals surface area (Å²) in [6.45, 7) is 6.60. The zero-order valence-corrected chi connectivity index (χ0v) is 8.64. The van der Waals surface area contributed by atoms with Crippen LogP contribution < -0.4 is 0 Å². The van der Waals surface area contributed by atoms with Crippen LogP contribution in [-0.2, 0) is 0 Å². The molecule has 1 N–H and O–H groups in total. The van der Waals surface area contributed by atoms with Gasteiger partial charge in [0.15, 0.2) is 0 Å². The van der Waals surface area contributed by atoms with Gasteiger partial charge in [-0.3, -0.25) is 0 Å². The van der Waals surface area contributed by atoms with Gasteiger partial charge in [0.25, 0.3) is 0 Å². The van der Waals surface area contributed by atoms with Gasteiger partial charge in [0, 0.05) is 0 Å². The molecule has 0 aromatic rings. The Morgan fingerprint density at radius 2 is 2.17 bits per heavy atom. The molecule has 0 heterocycles. The summed E-state index contributed by atoms with van der Waals surface area (Å²) < 4.78 is 0. The average Bonchev–Trinajstić information content (AvgIpc) is 1.82. The van der Waals surface area contributed by atoms with E-state index in [2.05, 4.69) is 13.8 Å². The van der Waals surface area contributed by atoms with E-state index in [0.29, 0.717) is 5.41 Å². The molecule has 0 radical (unpaired) electrons. The fraction of sp³-hybridized carbons (Fsp3) is 1.00. The molecule has 1 fully saturated rings. The maximum atomic E-state index is 9.27. The number of hydrogen-bond donors (Lipinski definition) is 1. The average molecular weight is 170 g/mol. The van der Waals surface area contributed by atoms with E-state index in [1.165, 1.54) is 25.7 Å². The highest BCUT2D eigenvalue weighted by Crippen LogP contribution is 2.40. The Hall–Kier alpha value is -0.0400. The van der Waals surface area contributed by atoms with E-state index in [-0.39, 0.29) is 6.10 Å². The minimum Gasteiger partial charge on any atom is -0.393 e. The Morgan fingerprint density at radius 3 is 2.67 bits per heavy atom. The topological polar surface area (TPSA) is 20.2 Å². The van der Waals surface area contributed by atoms with Gasteiger partial charge in [0.2, 0.25) is 0 Å². The molecule has 1 saturated carbocycles. The van der Waals surface area contributed by atoms with Gasteiger partial charge in [-0.2, -0.15) is 0 Å². The third kappa shape index (κ3) is 3.14. The van der Waals surface area contributed by atoms with Crippen LogP contribution in [0.15, 0.2) is 0 Å². The molecular formula is C11H22O. The molecule has 0 aliphatic heterocycles. The molecular weight excluding hydrogens is 148 g/mol. The van der Waals surface area contributed by atoms with E-state index < -0.39 is 0 Å². The van der Waals surface area contributed by atoms with Crippen molar-refractivity contribution in [1.29, 1.82) is 0 Å². The maximum Gasteiger partial charge on any atom is 0.0514 e. The van der Waals surface area contributed by atoms with Gasteiger partial charge in [-0.1, -0.05) is 26.7 Å². The van der Waals surface area contributed by atoms with Crippen molar-refractivity contribution in [2.75, 3.05) is 0 Å². The summed E-state index contributed by atoms with van der Waals surface area (Å²) in [5, 5.41) is 9.27. The minimum atomic E-state index is -0.108. The number of aliphatic hydroxyl groups excluding tert-OH is 1. The van der Waals surface area contributed by atoms with Crippen LogP contribution in [0.4, 0.5) is 0 Å². The van der Waals surface area contributed by atoms with E-state index >= 15 is 0 Å². The Bertz CT molecular complexity index is 138. The van der Waals surface area contributed by atoms with Gasteiger partial charge in [0.05, 0.1) is 6.10 Å². The normalized spacial score (nSPS) is 31.5. The summed E-state index contributed by atoms with van der Waals surface area (Å²) in [6.07, 6.45) is 6.24. The highest BCUT2D eigenvalue weighted by molar-refractivity contribution is 4.79. The molecule has 0 aromatic heterocycles. The van der Waals surface area contributed by atoms with Gasteiger partial charge in [-0.25, -0.2) is 0 Å². The fourth-order valence-electron chi connectivity index (χ4n) is 2.54. The lowest BCUT2D eigenvalue weighted by Gasteiger charge is -2.35. The standard InChI is InChI=1S/C11H22O/c1-9(12)7-10-5-4-6-11(2,3)8-10/h9-10,12H,4-8H2,1-3H3/t9-,10?/m0/s1. The first-order chi connectivity index (χ1) is 5.49. The molecule has 1 nitrogen and oxygen atoms in total. The van der Waals surface area contributed by atoms with Crippen LogP contribution in [0.25, 0.3) is 0 Å². The molecule has 0 saturated heterocycles. The first-order valence-corrected chi connectivity index (χ1v) is 5.18. The summed E-state index contributed by atoms with van der Waals surface area (Å²) >= 11 is 0. The molecule has 0 aromatic carbocycles. The number of rotatable bonds is 2. The van der Waals surface area contributed by atoms with Crippen molar-refractivity contribution in [3.05, 3.63) is 0 Å². The number of hydrogen-bond acceptors (Lipinski definition) is 1.